The van der Waals surface area contributed by atoms with Gasteiger partial charge in [-0.05, 0) is 42.2 Å². The number of nitrogens with zero attached hydrogens (tertiary/aromatic N) is 1. The van der Waals surface area contributed by atoms with Gasteiger partial charge in [0.05, 0.1) is 11.1 Å². The summed E-state index contributed by atoms with van der Waals surface area (Å²) >= 11 is 6.52. The van der Waals surface area contributed by atoms with E-state index in [0.29, 0.717) is 5.56 Å². The minimum atomic E-state index is -4.55. The van der Waals surface area contributed by atoms with Crippen molar-refractivity contribution in [1.82, 2.24) is 4.48 Å². The number of β-lactam (4-membered cyclic amide) rings is 1. The molecule has 0 saturated carbocycles. The normalized spacial score (nSPS) is 26.8. The van der Waals surface area contributed by atoms with Gasteiger partial charge < -0.3 is 5.11 Å². The lowest BCUT2D eigenvalue weighted by Crippen LogP contribution is -2.68. The maximum atomic E-state index is 13.2. The fraction of sp³-hybridized carbons (Fsp3) is 0.167. The van der Waals surface area contributed by atoms with Crippen molar-refractivity contribution in [1.29, 1.82) is 0 Å². The largest absolute Gasteiger partial charge is 0.478 e. The number of carbonyl (C=O) groups is 2. The number of benzene rings is 2. The monoisotopic (exact) mass is 410 g/mol. The molecule has 0 aliphatic carbocycles. The topological polar surface area (TPSA) is 54.4 Å². The lowest BCUT2D eigenvalue weighted by atomic mass is 9.88. The van der Waals surface area contributed by atoms with E-state index in [1.165, 1.54) is 24.3 Å². The van der Waals surface area contributed by atoms with Crippen molar-refractivity contribution < 1.29 is 27.9 Å². The smallest absolute Gasteiger partial charge is 0.416 e. The zero-order chi connectivity index (χ0) is 19.6. The molecule has 138 valence electrons. The van der Waals surface area contributed by atoms with Gasteiger partial charge in [-0.1, -0.05) is 18.2 Å². The molecule has 2 bridgehead atoms. The number of carboxylic acid groups (broad SMARTS) is 1. The van der Waals surface area contributed by atoms with Crippen LogP contribution >= 0.6 is 24.0 Å². The number of alkyl halides is 3. The molecule has 3 aliphatic rings. The van der Waals surface area contributed by atoms with Crippen LogP contribution in [0, 0.1) is 0 Å². The molecule has 3 atom stereocenters. The molecule has 2 aromatic rings. The van der Waals surface area contributed by atoms with E-state index in [1.54, 1.807) is 12.1 Å². The molecule has 3 saturated heterocycles. The predicted molar refractivity (Wildman–Crippen MR) is 98.4 cm³/mol. The van der Waals surface area contributed by atoms with E-state index in [4.69, 9.17) is 12.2 Å². The van der Waals surface area contributed by atoms with E-state index in [-0.39, 0.29) is 21.5 Å². The van der Waals surface area contributed by atoms with Gasteiger partial charge in [-0.3, -0.25) is 0 Å². The summed E-state index contributed by atoms with van der Waals surface area (Å²) in [5.74, 6) is -1.40. The zero-order valence-electron chi connectivity index (χ0n) is 13.4. The summed E-state index contributed by atoms with van der Waals surface area (Å²) in [5, 5.41) is 8.68. The van der Waals surface area contributed by atoms with Crippen LogP contribution in [0.15, 0.2) is 48.5 Å². The number of hydrogen-bond acceptors (Lipinski definition) is 4. The molecule has 0 spiro atoms. The number of halogens is 3. The Morgan fingerprint density at radius 2 is 1.85 bits per heavy atom. The third-order valence-electron chi connectivity index (χ3n) is 4.87. The Labute approximate surface area is 161 Å². The molecule has 27 heavy (non-hydrogen) atoms. The number of aromatic carboxylic acids is 1. The molecule has 0 radical (unpaired) electrons. The highest BCUT2D eigenvalue weighted by molar-refractivity contribution is 8.25. The second kappa shape index (κ2) is 5.88. The number of thioether (sulfide) groups is 1. The molecule has 3 unspecified atom stereocenters. The van der Waals surface area contributed by atoms with Crippen molar-refractivity contribution in [3.8, 4) is 0 Å². The number of carboxylic acids is 1. The predicted octanol–water partition coefficient (Wildman–Crippen LogP) is 4.39. The van der Waals surface area contributed by atoms with Gasteiger partial charge in [0.1, 0.15) is 5.69 Å². The van der Waals surface area contributed by atoms with Crippen molar-refractivity contribution in [2.75, 3.05) is 0 Å². The second-order valence-corrected chi connectivity index (χ2v) is 8.06. The number of rotatable bonds is 3. The Hall–Kier alpha value is -2.23. The highest BCUT2D eigenvalue weighted by atomic mass is 32.2. The summed E-state index contributed by atoms with van der Waals surface area (Å²) in [6, 6.07) is 10.1. The quantitative estimate of drug-likeness (QED) is 0.462. The van der Waals surface area contributed by atoms with Crippen LogP contribution in [0.25, 0.3) is 0 Å². The first-order chi connectivity index (χ1) is 12.7. The number of thiocarbonyl (C=S) groups is 1. The molecule has 3 heterocycles. The zero-order valence-corrected chi connectivity index (χ0v) is 15.1. The van der Waals surface area contributed by atoms with Crippen LogP contribution in [0.1, 0.15) is 27.5 Å². The summed E-state index contributed by atoms with van der Waals surface area (Å²) in [6.45, 7) is 0. The highest BCUT2D eigenvalue weighted by Crippen LogP contribution is 2.60. The van der Waals surface area contributed by atoms with E-state index >= 15 is 0 Å². The molecular formula is C18H11F3NO3S2+. The van der Waals surface area contributed by atoms with Crippen LogP contribution in [-0.4, -0.2) is 26.6 Å². The molecule has 1 amide bonds. The first-order valence-electron chi connectivity index (χ1n) is 7.83. The van der Waals surface area contributed by atoms with E-state index in [2.05, 4.69) is 0 Å². The van der Waals surface area contributed by atoms with Crippen molar-refractivity contribution in [3.63, 3.8) is 0 Å². The van der Waals surface area contributed by atoms with Gasteiger partial charge in [0.15, 0.2) is 11.3 Å². The Morgan fingerprint density at radius 3 is 2.48 bits per heavy atom. The van der Waals surface area contributed by atoms with Crippen LogP contribution in [0.5, 0.6) is 0 Å². The highest BCUT2D eigenvalue weighted by Gasteiger charge is 2.75. The van der Waals surface area contributed by atoms with Crippen LogP contribution in [0.2, 0.25) is 0 Å². The maximum absolute atomic E-state index is 13.2. The molecule has 3 aliphatic heterocycles. The molecule has 0 aromatic heterocycles. The first kappa shape index (κ1) is 18.1. The van der Waals surface area contributed by atoms with Crippen molar-refractivity contribution in [3.05, 3.63) is 65.2 Å². The summed E-state index contributed by atoms with van der Waals surface area (Å²) in [4.78, 5) is 24.1. The van der Waals surface area contributed by atoms with Gasteiger partial charge in [0, 0.05) is 17.7 Å². The minimum Gasteiger partial charge on any atom is -0.478 e. The Morgan fingerprint density at radius 1 is 1.15 bits per heavy atom. The maximum Gasteiger partial charge on any atom is 0.416 e. The van der Waals surface area contributed by atoms with Crippen molar-refractivity contribution in [2.45, 2.75) is 17.5 Å². The molecule has 9 heteroatoms. The SMILES string of the molecule is O=C(O)c1cccc(C2C3SC(=S)[N+]2(c2cccc(C(F)(F)F)c2)C3=O)c1. The number of amides is 1. The van der Waals surface area contributed by atoms with Crippen molar-refractivity contribution in [2.24, 2.45) is 0 Å². The van der Waals surface area contributed by atoms with E-state index in [1.807, 2.05) is 0 Å². The third kappa shape index (κ3) is 2.45. The average molecular weight is 410 g/mol. The van der Waals surface area contributed by atoms with Crippen LogP contribution in [0.4, 0.5) is 18.9 Å². The van der Waals surface area contributed by atoms with Crippen LogP contribution in [-0.2, 0) is 11.0 Å². The minimum absolute atomic E-state index is 0.0468. The molecule has 2 aromatic carbocycles. The van der Waals surface area contributed by atoms with Crippen LogP contribution < -0.4 is 4.48 Å². The Balaban J connectivity index is 1.87. The van der Waals surface area contributed by atoms with Gasteiger partial charge in [-0.2, -0.15) is 17.7 Å². The lowest BCUT2D eigenvalue weighted by Gasteiger charge is -2.43. The number of carbonyl (C=O) groups excluding carboxylic acids is 1. The van der Waals surface area contributed by atoms with Gasteiger partial charge in [0.25, 0.3) is 0 Å². The summed E-state index contributed by atoms with van der Waals surface area (Å²) in [5.41, 5.74) is -0.108. The molecule has 4 nitrogen and oxygen atoms in total. The summed E-state index contributed by atoms with van der Waals surface area (Å²) in [7, 11) is 0. The standard InChI is InChI=1S/C18H10F3NO3S2/c19-18(20,21)11-5-2-6-12(8-11)22-13(14(15(22)23)27-17(22)26)9-3-1-4-10(7-9)16(24)25/h1-8,13-14H/p+1. The number of hydrogen-bond donors (Lipinski definition) is 1. The molecule has 1 N–H and O–H groups in total. The Bertz CT molecular complexity index is 997. The van der Waals surface area contributed by atoms with Gasteiger partial charge in [-0.25, -0.2) is 9.59 Å². The second-order valence-electron chi connectivity index (χ2n) is 6.29. The van der Waals surface area contributed by atoms with Crippen molar-refractivity contribution >= 4 is 45.9 Å². The van der Waals surface area contributed by atoms with E-state index < -0.39 is 33.5 Å². The lowest BCUT2D eigenvalue weighted by molar-refractivity contribution is -0.139. The van der Waals surface area contributed by atoms with E-state index in [9.17, 15) is 27.9 Å². The summed E-state index contributed by atoms with van der Waals surface area (Å²) in [6.07, 6.45) is -4.55. The van der Waals surface area contributed by atoms with Gasteiger partial charge in [0.2, 0.25) is 4.32 Å². The average Bonchev–Trinajstić information content (AvgIpc) is 3.08. The fourth-order valence-electron chi connectivity index (χ4n) is 3.65. The number of fused-ring (bicyclic) bond motifs is 1. The van der Waals surface area contributed by atoms with Gasteiger partial charge in [-0.15, -0.1) is 0 Å². The number of quaternary nitrogens is 1. The molecule has 5 rings (SSSR count). The molecule has 3 fully saturated rings. The fourth-order valence-corrected chi connectivity index (χ4v) is 5.70. The van der Waals surface area contributed by atoms with Gasteiger partial charge >= 0.3 is 18.1 Å². The molecular weight excluding hydrogens is 399 g/mol. The third-order valence-corrected chi connectivity index (χ3v) is 6.65. The Kier molecular flexibility index (Phi) is 3.95. The van der Waals surface area contributed by atoms with Crippen LogP contribution in [0.3, 0.4) is 0 Å². The van der Waals surface area contributed by atoms with E-state index in [0.717, 1.165) is 23.9 Å². The first-order valence-corrected chi connectivity index (χ1v) is 9.11. The summed E-state index contributed by atoms with van der Waals surface area (Å²) < 4.78 is 39.2.